The van der Waals surface area contributed by atoms with Crippen LogP contribution in [0, 0.1) is 30.4 Å². The molecule has 1 aliphatic carbocycles. The first-order chi connectivity index (χ1) is 15.4. The molecule has 1 saturated heterocycles. The number of likely N-dealkylation sites (tertiary alicyclic amines) is 1. The third-order valence-corrected chi connectivity index (χ3v) is 7.19. The van der Waals surface area contributed by atoms with E-state index in [0.717, 1.165) is 11.4 Å². The van der Waals surface area contributed by atoms with E-state index < -0.39 is 5.82 Å². The Morgan fingerprint density at radius 1 is 1.16 bits per heavy atom. The smallest absolute Gasteiger partial charge is 0.274 e. The van der Waals surface area contributed by atoms with E-state index >= 15 is 0 Å². The number of nitrogens with zero attached hydrogens (tertiary/aromatic N) is 2. The van der Waals surface area contributed by atoms with Crippen molar-refractivity contribution in [2.45, 2.75) is 19.4 Å². The number of aryl methyl sites for hydroxylation is 1. The molecule has 2 aromatic carbocycles. The van der Waals surface area contributed by atoms with Crippen LogP contribution in [0.3, 0.4) is 0 Å². The molecule has 2 heterocycles. The Morgan fingerprint density at radius 2 is 1.94 bits per heavy atom. The Balaban J connectivity index is 1.35. The summed E-state index contributed by atoms with van der Waals surface area (Å²) >= 11 is 1.37. The molecule has 0 spiro atoms. The molecule has 1 aliphatic heterocycles. The Morgan fingerprint density at radius 3 is 2.69 bits per heavy atom. The fourth-order valence-electron chi connectivity index (χ4n) is 4.50. The molecule has 164 valence electrons. The second-order valence-electron chi connectivity index (χ2n) is 8.32. The van der Waals surface area contributed by atoms with Gasteiger partial charge in [0.05, 0.1) is 15.9 Å². The van der Waals surface area contributed by atoms with E-state index in [1.165, 1.54) is 47.7 Å². The van der Waals surface area contributed by atoms with Crippen molar-refractivity contribution in [3.63, 3.8) is 0 Å². The van der Waals surface area contributed by atoms with Gasteiger partial charge < -0.3 is 10.2 Å². The lowest BCUT2D eigenvalue weighted by Gasteiger charge is -2.27. The van der Waals surface area contributed by atoms with Crippen molar-refractivity contribution >= 4 is 23.2 Å². The fraction of sp³-hybridized carbons (Fsp3) is 0.292. The Kier molecular flexibility index (Phi) is 5.25. The van der Waals surface area contributed by atoms with Crippen LogP contribution in [0.4, 0.5) is 8.78 Å². The highest BCUT2D eigenvalue weighted by atomic mass is 32.1. The topological polar surface area (TPSA) is 62.3 Å². The molecule has 1 aromatic heterocycles. The summed E-state index contributed by atoms with van der Waals surface area (Å²) in [5.74, 6) is -0.472. The van der Waals surface area contributed by atoms with Gasteiger partial charge in [-0.15, -0.1) is 11.3 Å². The van der Waals surface area contributed by atoms with Crippen LogP contribution < -0.4 is 5.32 Å². The number of hydrogen-bond acceptors (Lipinski definition) is 4. The number of thiazole rings is 1. The minimum atomic E-state index is -0.400. The minimum Gasteiger partial charge on any atom is -0.350 e. The lowest BCUT2D eigenvalue weighted by Crippen LogP contribution is -2.45. The monoisotopic (exact) mass is 453 g/mol. The van der Waals surface area contributed by atoms with Gasteiger partial charge in [-0.1, -0.05) is 12.1 Å². The number of halogens is 2. The molecular formula is C24H21F2N3O2S. The molecule has 2 amide bonds. The van der Waals surface area contributed by atoms with Crippen LogP contribution in [-0.2, 0) is 0 Å². The summed E-state index contributed by atoms with van der Waals surface area (Å²) in [5, 5.41) is 3.62. The standard InChI is InChI=1S/C24H21F2N3O2S/c1-13-28-21(22(32-13)15-3-2-4-18(26)9-15)24(31)29-12-16-10-19(16)20(29)11-27-23(30)14-5-7-17(25)8-6-14/h2-9,16,19-20H,10-12H2,1H3,(H,27,30)/t16-,19?,20-/m1/s1. The van der Waals surface area contributed by atoms with E-state index in [1.54, 1.807) is 17.0 Å². The summed E-state index contributed by atoms with van der Waals surface area (Å²) in [5.41, 5.74) is 1.33. The number of rotatable bonds is 5. The van der Waals surface area contributed by atoms with Crippen molar-refractivity contribution in [1.29, 1.82) is 0 Å². The first-order valence-corrected chi connectivity index (χ1v) is 11.3. The van der Waals surface area contributed by atoms with Crippen LogP contribution in [0.15, 0.2) is 48.5 Å². The maximum Gasteiger partial charge on any atom is 0.274 e. The fourth-order valence-corrected chi connectivity index (χ4v) is 5.41. The minimum absolute atomic E-state index is 0.126. The molecular weight excluding hydrogens is 432 g/mol. The predicted octanol–water partition coefficient (Wildman–Crippen LogP) is 4.29. The average Bonchev–Trinajstić information content (AvgIpc) is 3.29. The lowest BCUT2D eigenvalue weighted by atomic mass is 10.1. The second-order valence-corrected chi connectivity index (χ2v) is 9.53. The number of amides is 2. The lowest BCUT2D eigenvalue weighted by molar-refractivity contribution is 0.0690. The maximum absolute atomic E-state index is 13.8. The number of hydrogen-bond donors (Lipinski definition) is 1. The molecule has 3 atom stereocenters. The first kappa shape index (κ1) is 20.8. The van der Waals surface area contributed by atoms with Gasteiger partial charge in [0.15, 0.2) is 0 Å². The molecule has 0 radical (unpaired) electrons. The Hall–Kier alpha value is -3.13. The van der Waals surface area contributed by atoms with Crippen LogP contribution in [0.25, 0.3) is 10.4 Å². The molecule has 5 nitrogen and oxygen atoms in total. The van der Waals surface area contributed by atoms with Crippen molar-refractivity contribution in [3.05, 3.63) is 76.4 Å². The van der Waals surface area contributed by atoms with Gasteiger partial charge in [-0.3, -0.25) is 9.59 Å². The molecule has 0 bridgehead atoms. The van der Waals surface area contributed by atoms with Crippen LogP contribution in [0.5, 0.6) is 0 Å². The number of carbonyl (C=O) groups excluding carboxylic acids is 2. The molecule has 5 rings (SSSR count). The van der Waals surface area contributed by atoms with Crippen LogP contribution in [0.2, 0.25) is 0 Å². The SMILES string of the molecule is Cc1nc(C(=O)N2C[C@H]3CC3[C@H]2CNC(=O)c2ccc(F)cc2)c(-c2cccc(F)c2)s1. The van der Waals surface area contributed by atoms with E-state index in [9.17, 15) is 18.4 Å². The van der Waals surface area contributed by atoms with E-state index in [1.807, 2.05) is 6.92 Å². The molecule has 32 heavy (non-hydrogen) atoms. The number of aromatic nitrogens is 1. The molecule has 3 aromatic rings. The van der Waals surface area contributed by atoms with E-state index in [0.29, 0.717) is 46.6 Å². The zero-order chi connectivity index (χ0) is 22.4. The highest BCUT2D eigenvalue weighted by Crippen LogP contribution is 2.50. The summed E-state index contributed by atoms with van der Waals surface area (Å²) in [6.45, 7) is 2.77. The summed E-state index contributed by atoms with van der Waals surface area (Å²) in [4.78, 5) is 32.9. The molecule has 2 aliphatic rings. The van der Waals surface area contributed by atoms with Crippen LogP contribution >= 0.6 is 11.3 Å². The number of carbonyl (C=O) groups is 2. The van der Waals surface area contributed by atoms with Gasteiger partial charge >= 0.3 is 0 Å². The zero-order valence-electron chi connectivity index (χ0n) is 17.3. The van der Waals surface area contributed by atoms with Gasteiger partial charge in [0, 0.05) is 18.7 Å². The summed E-state index contributed by atoms with van der Waals surface area (Å²) in [6.07, 6.45) is 1.04. The van der Waals surface area contributed by atoms with Gasteiger partial charge in [0.1, 0.15) is 17.3 Å². The van der Waals surface area contributed by atoms with E-state index in [4.69, 9.17) is 0 Å². The number of piperidine rings is 1. The molecule has 2 fully saturated rings. The van der Waals surface area contributed by atoms with Gasteiger partial charge in [-0.2, -0.15) is 0 Å². The van der Waals surface area contributed by atoms with Gasteiger partial charge in [-0.25, -0.2) is 13.8 Å². The van der Waals surface area contributed by atoms with Gasteiger partial charge in [-0.05, 0) is 67.1 Å². The van der Waals surface area contributed by atoms with Crippen molar-refractivity contribution in [2.24, 2.45) is 11.8 Å². The van der Waals surface area contributed by atoms with Crippen molar-refractivity contribution < 1.29 is 18.4 Å². The van der Waals surface area contributed by atoms with Crippen molar-refractivity contribution in [2.75, 3.05) is 13.1 Å². The Labute approximate surface area is 188 Å². The van der Waals surface area contributed by atoms with Crippen molar-refractivity contribution in [3.8, 4) is 10.4 Å². The number of benzene rings is 2. The number of nitrogens with one attached hydrogen (secondary N) is 1. The van der Waals surface area contributed by atoms with Gasteiger partial charge in [0.2, 0.25) is 0 Å². The largest absolute Gasteiger partial charge is 0.350 e. The first-order valence-electron chi connectivity index (χ1n) is 10.5. The number of fused-ring (bicyclic) bond motifs is 1. The van der Waals surface area contributed by atoms with E-state index in [-0.39, 0.29) is 23.7 Å². The average molecular weight is 454 g/mol. The molecule has 1 N–H and O–H groups in total. The quantitative estimate of drug-likeness (QED) is 0.627. The highest BCUT2D eigenvalue weighted by molar-refractivity contribution is 7.15. The maximum atomic E-state index is 13.8. The molecule has 8 heteroatoms. The molecule has 1 saturated carbocycles. The van der Waals surface area contributed by atoms with Gasteiger partial charge in [0.25, 0.3) is 11.8 Å². The highest BCUT2D eigenvalue weighted by Gasteiger charge is 2.54. The normalized spacial score (nSPS) is 21.3. The third-order valence-electron chi connectivity index (χ3n) is 6.17. The third kappa shape index (κ3) is 3.90. The van der Waals surface area contributed by atoms with Crippen LogP contribution in [-0.4, -0.2) is 40.8 Å². The zero-order valence-corrected chi connectivity index (χ0v) is 18.2. The second kappa shape index (κ2) is 8.09. The van der Waals surface area contributed by atoms with Crippen molar-refractivity contribution in [1.82, 2.24) is 15.2 Å². The summed E-state index contributed by atoms with van der Waals surface area (Å²) in [7, 11) is 0. The van der Waals surface area contributed by atoms with E-state index in [2.05, 4.69) is 10.3 Å². The summed E-state index contributed by atoms with van der Waals surface area (Å²) < 4.78 is 26.9. The summed E-state index contributed by atoms with van der Waals surface area (Å²) in [6, 6.07) is 11.4. The predicted molar refractivity (Wildman–Crippen MR) is 117 cm³/mol. The molecule has 1 unspecified atom stereocenters. The van der Waals surface area contributed by atoms with Crippen LogP contribution in [0.1, 0.15) is 32.3 Å². The Bertz CT molecular complexity index is 1190.